The number of nitrogens with one attached hydrogen (secondary N) is 2. The van der Waals surface area contributed by atoms with Crippen molar-refractivity contribution in [3.8, 4) is 0 Å². The average Bonchev–Trinajstić information content (AvgIpc) is 3.35. The van der Waals surface area contributed by atoms with Gasteiger partial charge in [0.1, 0.15) is 0 Å². The van der Waals surface area contributed by atoms with Crippen molar-refractivity contribution >= 4 is 28.5 Å². The average molecular weight is 312 g/mol. The maximum atomic E-state index is 12.0. The third-order valence-corrected chi connectivity index (χ3v) is 3.82. The lowest BCUT2D eigenvalue weighted by molar-refractivity contribution is -0.116. The van der Waals surface area contributed by atoms with E-state index in [2.05, 4.69) is 15.6 Å². The minimum atomic E-state index is -0.174. The molecule has 0 radical (unpaired) electrons. The van der Waals surface area contributed by atoms with Crippen LogP contribution < -0.4 is 15.5 Å². The number of hydrogen-bond donors (Lipinski definition) is 2. The minimum Gasteiger partial charge on any atom is -0.336 e. The molecule has 6 nitrogen and oxygen atoms in total. The Labute approximate surface area is 134 Å². The molecule has 23 heavy (non-hydrogen) atoms. The van der Waals surface area contributed by atoms with E-state index in [1.54, 1.807) is 11.1 Å². The van der Waals surface area contributed by atoms with Crippen molar-refractivity contribution < 1.29 is 9.59 Å². The fourth-order valence-electron chi connectivity index (χ4n) is 2.50. The summed E-state index contributed by atoms with van der Waals surface area (Å²) in [4.78, 5) is 29.7. The second-order valence-electron chi connectivity index (χ2n) is 5.70. The monoisotopic (exact) mass is 312 g/mol. The highest BCUT2D eigenvalue weighted by Gasteiger charge is 2.23. The van der Waals surface area contributed by atoms with E-state index in [1.807, 2.05) is 30.3 Å². The van der Waals surface area contributed by atoms with Crippen molar-refractivity contribution in [3.05, 3.63) is 36.5 Å². The predicted octanol–water partition coefficient (Wildman–Crippen LogP) is 2.05. The molecule has 2 aromatic rings. The summed E-state index contributed by atoms with van der Waals surface area (Å²) in [6.45, 7) is 2.32. The summed E-state index contributed by atoms with van der Waals surface area (Å²) >= 11 is 0. The fraction of sp³-hybridized carbons (Fsp3) is 0.353. The van der Waals surface area contributed by atoms with Crippen molar-refractivity contribution in [2.24, 2.45) is 0 Å². The maximum absolute atomic E-state index is 12.0. The number of aromatic nitrogens is 1. The van der Waals surface area contributed by atoms with Crippen LogP contribution in [0.4, 0.5) is 10.5 Å². The van der Waals surface area contributed by atoms with Gasteiger partial charge in [0.05, 0.1) is 11.2 Å². The molecule has 0 aliphatic heterocycles. The number of amides is 3. The highest BCUT2D eigenvalue weighted by molar-refractivity contribution is 6.01. The lowest BCUT2D eigenvalue weighted by atomic mass is 10.1. The van der Waals surface area contributed by atoms with Gasteiger partial charge in [-0.1, -0.05) is 18.2 Å². The van der Waals surface area contributed by atoms with Crippen LogP contribution in [0.3, 0.4) is 0 Å². The van der Waals surface area contributed by atoms with E-state index in [4.69, 9.17) is 0 Å². The van der Waals surface area contributed by atoms with Gasteiger partial charge < -0.3 is 15.5 Å². The highest BCUT2D eigenvalue weighted by Crippen LogP contribution is 2.24. The zero-order chi connectivity index (χ0) is 16.2. The Morgan fingerprint density at radius 1 is 1.26 bits per heavy atom. The second kappa shape index (κ2) is 6.64. The molecule has 1 aliphatic rings. The maximum Gasteiger partial charge on any atom is 0.315 e. The summed E-state index contributed by atoms with van der Waals surface area (Å²) in [7, 11) is 0. The molecular weight excluding hydrogens is 292 g/mol. The summed E-state index contributed by atoms with van der Waals surface area (Å²) in [5.74, 6) is -0.0763. The van der Waals surface area contributed by atoms with Gasteiger partial charge in [-0.2, -0.15) is 0 Å². The van der Waals surface area contributed by atoms with E-state index in [0.717, 1.165) is 29.4 Å². The Kier molecular flexibility index (Phi) is 4.41. The first kappa shape index (κ1) is 15.3. The zero-order valence-corrected chi connectivity index (χ0v) is 13.1. The molecule has 3 rings (SSSR count). The van der Waals surface area contributed by atoms with E-state index in [1.165, 1.54) is 6.92 Å². The van der Waals surface area contributed by atoms with E-state index in [0.29, 0.717) is 19.1 Å². The highest BCUT2D eigenvalue weighted by atomic mass is 16.2. The second-order valence-corrected chi connectivity index (χ2v) is 5.70. The Bertz CT molecular complexity index is 722. The van der Waals surface area contributed by atoms with Crippen molar-refractivity contribution in [2.45, 2.75) is 25.8 Å². The summed E-state index contributed by atoms with van der Waals surface area (Å²) in [5.41, 5.74) is 1.55. The number of carbonyl (C=O) groups excluding carboxylic acids is 2. The molecule has 1 fully saturated rings. The number of carbonyl (C=O) groups is 2. The first-order valence-corrected chi connectivity index (χ1v) is 7.81. The number of fused-ring (bicyclic) bond motifs is 1. The number of pyridine rings is 1. The molecular formula is C17H20N4O2. The number of urea groups is 1. The fourth-order valence-corrected chi connectivity index (χ4v) is 2.50. The van der Waals surface area contributed by atoms with Gasteiger partial charge in [0.2, 0.25) is 5.91 Å². The van der Waals surface area contributed by atoms with Gasteiger partial charge in [-0.05, 0) is 25.0 Å². The number of hydrogen-bond acceptors (Lipinski definition) is 3. The van der Waals surface area contributed by atoms with Crippen LogP contribution >= 0.6 is 0 Å². The Morgan fingerprint density at radius 2 is 2.04 bits per heavy atom. The quantitative estimate of drug-likeness (QED) is 0.887. The molecule has 0 atom stereocenters. The predicted molar refractivity (Wildman–Crippen MR) is 89.3 cm³/mol. The van der Waals surface area contributed by atoms with E-state index in [9.17, 15) is 9.59 Å². The van der Waals surface area contributed by atoms with Gasteiger partial charge in [-0.15, -0.1) is 0 Å². The van der Waals surface area contributed by atoms with Gasteiger partial charge in [0.25, 0.3) is 0 Å². The van der Waals surface area contributed by atoms with Crippen LogP contribution in [0.15, 0.2) is 36.5 Å². The van der Waals surface area contributed by atoms with Crippen molar-refractivity contribution in [1.82, 2.24) is 15.6 Å². The van der Waals surface area contributed by atoms with Crippen LogP contribution in [0.2, 0.25) is 0 Å². The first-order valence-electron chi connectivity index (χ1n) is 7.81. The van der Waals surface area contributed by atoms with Crippen molar-refractivity contribution in [2.75, 3.05) is 18.0 Å². The first-order chi connectivity index (χ1) is 11.1. The molecule has 2 N–H and O–H groups in total. The largest absolute Gasteiger partial charge is 0.336 e. The van der Waals surface area contributed by atoms with Gasteiger partial charge in [-0.25, -0.2) is 4.79 Å². The minimum absolute atomic E-state index is 0.0763. The number of rotatable bonds is 5. The number of benzene rings is 1. The van der Waals surface area contributed by atoms with E-state index in [-0.39, 0.29) is 11.9 Å². The van der Waals surface area contributed by atoms with Crippen LogP contribution in [-0.4, -0.2) is 36.1 Å². The molecule has 1 saturated carbocycles. The topological polar surface area (TPSA) is 74.3 Å². The number of nitrogens with zero attached hydrogens (tertiary/aromatic N) is 2. The molecule has 6 heteroatoms. The van der Waals surface area contributed by atoms with Crippen LogP contribution in [0, 0.1) is 0 Å². The molecule has 1 aromatic carbocycles. The molecule has 3 amide bonds. The van der Waals surface area contributed by atoms with E-state index >= 15 is 0 Å². The SMILES string of the molecule is CC(=O)N(CCNC(=O)NC1CC1)c1cccc2cccnc12. The van der Waals surface area contributed by atoms with E-state index < -0.39 is 0 Å². The zero-order valence-electron chi connectivity index (χ0n) is 13.1. The molecule has 1 aromatic heterocycles. The van der Waals surface area contributed by atoms with Gasteiger partial charge >= 0.3 is 6.03 Å². The molecule has 0 bridgehead atoms. The summed E-state index contributed by atoms with van der Waals surface area (Å²) in [6.07, 6.45) is 3.81. The van der Waals surface area contributed by atoms with Crippen molar-refractivity contribution in [1.29, 1.82) is 0 Å². The Morgan fingerprint density at radius 3 is 2.78 bits per heavy atom. The summed E-state index contributed by atoms with van der Waals surface area (Å²) in [5, 5.41) is 6.64. The number of anilines is 1. The Balaban J connectivity index is 1.70. The Hall–Kier alpha value is -2.63. The van der Waals surface area contributed by atoms with Gasteiger partial charge in [0.15, 0.2) is 0 Å². The standard InChI is InChI=1S/C17H20N4O2/c1-12(22)21(11-10-19-17(23)20-14-7-8-14)15-6-2-4-13-5-3-9-18-16(13)15/h2-6,9,14H,7-8,10-11H2,1H3,(H2,19,20,23). The van der Waals surface area contributed by atoms with Crippen LogP contribution in [0.5, 0.6) is 0 Å². The van der Waals surface area contributed by atoms with Gasteiger partial charge in [-0.3, -0.25) is 9.78 Å². The molecule has 120 valence electrons. The molecule has 1 heterocycles. The lowest BCUT2D eigenvalue weighted by Gasteiger charge is -2.22. The third-order valence-electron chi connectivity index (χ3n) is 3.82. The van der Waals surface area contributed by atoms with Crippen LogP contribution in [-0.2, 0) is 4.79 Å². The summed E-state index contributed by atoms with van der Waals surface area (Å²) in [6, 6.07) is 9.72. The number of para-hydroxylation sites is 1. The molecule has 0 unspecified atom stereocenters. The molecule has 0 saturated heterocycles. The van der Waals surface area contributed by atoms with Crippen LogP contribution in [0.1, 0.15) is 19.8 Å². The smallest absolute Gasteiger partial charge is 0.315 e. The third kappa shape index (κ3) is 3.77. The summed E-state index contributed by atoms with van der Waals surface area (Å²) < 4.78 is 0. The lowest BCUT2D eigenvalue weighted by Crippen LogP contribution is -2.42. The normalized spacial score (nSPS) is 13.6. The van der Waals surface area contributed by atoms with Crippen molar-refractivity contribution in [3.63, 3.8) is 0 Å². The van der Waals surface area contributed by atoms with Crippen LogP contribution in [0.25, 0.3) is 10.9 Å². The molecule has 1 aliphatic carbocycles. The molecule has 0 spiro atoms. The van der Waals surface area contributed by atoms with Gasteiger partial charge in [0, 0.05) is 37.6 Å².